The molecule has 0 saturated carbocycles. The standard InChI is InChI=1S/C13H17N2O3S/c1-11(14-6-8-18-9-7-14)19-10-12-2-4-13(5-3-12)15(16)17/h2-5H,6-10H2,1H3/q+1. The van der Waals surface area contributed by atoms with Gasteiger partial charge in [-0.15, -0.1) is 0 Å². The molecule has 0 N–H and O–H groups in total. The van der Waals surface area contributed by atoms with Gasteiger partial charge in [0.05, 0.1) is 4.92 Å². The third-order valence-corrected chi connectivity index (χ3v) is 4.20. The van der Waals surface area contributed by atoms with E-state index in [0.29, 0.717) is 0 Å². The van der Waals surface area contributed by atoms with Crippen molar-refractivity contribution in [1.82, 2.24) is 0 Å². The second kappa shape index (κ2) is 6.68. The van der Waals surface area contributed by atoms with Crippen LogP contribution in [-0.2, 0) is 10.5 Å². The SMILES string of the molecule is CC(SCc1ccc([N+](=O)[O-])cc1)=[N+]1CCOCC1. The Bertz CT molecular complexity index is 477. The summed E-state index contributed by atoms with van der Waals surface area (Å²) in [4.78, 5) is 10.2. The highest BCUT2D eigenvalue weighted by Crippen LogP contribution is 2.17. The highest BCUT2D eigenvalue weighted by atomic mass is 32.2. The lowest BCUT2D eigenvalue weighted by Crippen LogP contribution is -2.31. The van der Waals surface area contributed by atoms with Gasteiger partial charge in [-0.25, -0.2) is 4.58 Å². The van der Waals surface area contributed by atoms with Crippen molar-refractivity contribution in [2.45, 2.75) is 12.7 Å². The van der Waals surface area contributed by atoms with Gasteiger partial charge in [0.25, 0.3) is 5.69 Å². The lowest BCUT2D eigenvalue weighted by molar-refractivity contribution is -0.547. The molecule has 102 valence electrons. The molecule has 0 spiro atoms. The molecule has 1 aliphatic heterocycles. The smallest absolute Gasteiger partial charge is 0.269 e. The molecule has 1 aromatic rings. The molecule has 5 nitrogen and oxygen atoms in total. The van der Waals surface area contributed by atoms with Crippen molar-refractivity contribution >= 4 is 22.5 Å². The van der Waals surface area contributed by atoms with Gasteiger partial charge in [-0.2, -0.15) is 0 Å². The van der Waals surface area contributed by atoms with Crippen LogP contribution in [0, 0.1) is 10.1 Å². The number of non-ortho nitro benzene ring substituents is 1. The van der Waals surface area contributed by atoms with E-state index in [1.165, 1.54) is 5.04 Å². The van der Waals surface area contributed by atoms with Gasteiger partial charge in [-0.3, -0.25) is 10.1 Å². The Morgan fingerprint density at radius 3 is 2.58 bits per heavy atom. The third kappa shape index (κ3) is 4.04. The Kier molecular flexibility index (Phi) is 4.93. The number of morpholine rings is 1. The Morgan fingerprint density at radius 1 is 1.37 bits per heavy atom. The lowest BCUT2D eigenvalue weighted by atomic mass is 10.2. The molecule has 6 heteroatoms. The molecule has 0 atom stereocenters. The minimum atomic E-state index is -0.373. The van der Waals surface area contributed by atoms with Crippen LogP contribution >= 0.6 is 11.8 Å². The number of hydrogen-bond acceptors (Lipinski definition) is 4. The van der Waals surface area contributed by atoms with Gasteiger partial charge in [-0.1, -0.05) is 23.9 Å². The average molecular weight is 281 g/mol. The van der Waals surface area contributed by atoms with Gasteiger partial charge < -0.3 is 4.74 Å². The topological polar surface area (TPSA) is 55.4 Å². The van der Waals surface area contributed by atoms with Crippen molar-refractivity contribution in [2.75, 3.05) is 26.3 Å². The first-order valence-corrected chi connectivity index (χ1v) is 7.18. The number of hydrogen-bond donors (Lipinski definition) is 0. The van der Waals surface area contributed by atoms with Crippen molar-refractivity contribution in [3.63, 3.8) is 0 Å². The molecular formula is C13H17N2O3S+. The second-order valence-electron chi connectivity index (χ2n) is 4.33. The largest absolute Gasteiger partial charge is 0.368 e. The fraction of sp³-hybridized carbons (Fsp3) is 0.462. The summed E-state index contributed by atoms with van der Waals surface area (Å²) in [6.45, 7) is 5.57. The molecule has 0 aliphatic carbocycles. The summed E-state index contributed by atoms with van der Waals surface area (Å²) in [5.41, 5.74) is 1.24. The highest BCUT2D eigenvalue weighted by Gasteiger charge is 2.15. The van der Waals surface area contributed by atoms with Crippen molar-refractivity contribution in [1.29, 1.82) is 0 Å². The van der Waals surface area contributed by atoms with Crippen LogP contribution in [0.1, 0.15) is 12.5 Å². The van der Waals surface area contributed by atoms with Gasteiger partial charge in [0.15, 0.2) is 13.1 Å². The molecule has 0 unspecified atom stereocenters. The van der Waals surface area contributed by atoms with Crippen LogP contribution in [0.3, 0.4) is 0 Å². The van der Waals surface area contributed by atoms with E-state index < -0.39 is 0 Å². The van der Waals surface area contributed by atoms with E-state index in [-0.39, 0.29) is 10.6 Å². The zero-order chi connectivity index (χ0) is 13.7. The molecule has 0 radical (unpaired) electrons. The molecule has 1 aliphatic rings. The number of rotatable bonds is 3. The van der Waals surface area contributed by atoms with E-state index in [0.717, 1.165) is 37.6 Å². The fourth-order valence-electron chi connectivity index (χ4n) is 1.87. The van der Waals surface area contributed by atoms with Crippen molar-refractivity contribution in [3.8, 4) is 0 Å². The monoisotopic (exact) mass is 281 g/mol. The maximum atomic E-state index is 10.6. The Hall–Kier alpha value is -1.40. The second-order valence-corrected chi connectivity index (χ2v) is 5.50. The van der Waals surface area contributed by atoms with E-state index in [1.54, 1.807) is 23.9 Å². The van der Waals surface area contributed by atoms with Crippen molar-refractivity contribution in [3.05, 3.63) is 39.9 Å². The number of thioether (sulfide) groups is 1. The lowest BCUT2D eigenvalue weighted by Gasteiger charge is -2.12. The molecule has 1 saturated heterocycles. The number of benzene rings is 1. The number of nitro groups is 1. The summed E-state index contributed by atoms with van der Waals surface area (Å²) in [5, 5.41) is 11.8. The van der Waals surface area contributed by atoms with Gasteiger partial charge >= 0.3 is 0 Å². The first-order chi connectivity index (χ1) is 9.16. The number of nitrogens with zero attached hydrogens (tertiary/aromatic N) is 2. The van der Waals surface area contributed by atoms with Crippen LogP contribution in [0.25, 0.3) is 0 Å². The zero-order valence-corrected chi connectivity index (χ0v) is 11.7. The van der Waals surface area contributed by atoms with Gasteiger partial charge in [0.1, 0.15) is 13.2 Å². The first-order valence-electron chi connectivity index (χ1n) is 6.19. The molecule has 0 amide bonds. The maximum absolute atomic E-state index is 10.6. The predicted octanol–water partition coefficient (Wildman–Crippen LogP) is 2.29. The summed E-state index contributed by atoms with van der Waals surface area (Å²) < 4.78 is 7.64. The van der Waals surface area contributed by atoms with Crippen LogP contribution in [0.15, 0.2) is 24.3 Å². The Morgan fingerprint density at radius 2 is 2.00 bits per heavy atom. The molecule has 19 heavy (non-hydrogen) atoms. The van der Waals surface area contributed by atoms with E-state index in [2.05, 4.69) is 11.5 Å². The van der Waals surface area contributed by atoms with Gasteiger partial charge in [0, 0.05) is 24.8 Å². The number of nitro benzene ring substituents is 1. The van der Waals surface area contributed by atoms with Gasteiger partial charge in [0.2, 0.25) is 5.04 Å². The number of ether oxygens (including phenoxy) is 1. The van der Waals surface area contributed by atoms with E-state index in [9.17, 15) is 10.1 Å². The molecule has 0 aromatic heterocycles. The minimum Gasteiger partial charge on any atom is -0.368 e. The average Bonchev–Trinajstić information content (AvgIpc) is 2.46. The van der Waals surface area contributed by atoms with Crippen LogP contribution in [0.5, 0.6) is 0 Å². The van der Waals surface area contributed by atoms with E-state index >= 15 is 0 Å². The molecule has 2 rings (SSSR count). The normalized spacial score (nSPS) is 15.3. The predicted molar refractivity (Wildman–Crippen MR) is 75.9 cm³/mol. The Labute approximate surface area is 116 Å². The third-order valence-electron chi connectivity index (χ3n) is 3.05. The van der Waals surface area contributed by atoms with Crippen LogP contribution in [-0.4, -0.2) is 40.8 Å². The van der Waals surface area contributed by atoms with E-state index in [1.807, 2.05) is 12.1 Å². The summed E-state index contributed by atoms with van der Waals surface area (Å²) in [7, 11) is 0. The van der Waals surface area contributed by atoms with E-state index in [4.69, 9.17) is 4.74 Å². The summed E-state index contributed by atoms with van der Waals surface area (Å²) in [6.07, 6.45) is 0. The molecule has 1 heterocycles. The quantitative estimate of drug-likeness (QED) is 0.369. The summed E-state index contributed by atoms with van der Waals surface area (Å²) in [5.74, 6) is 0.835. The highest BCUT2D eigenvalue weighted by molar-refractivity contribution is 8.12. The van der Waals surface area contributed by atoms with Crippen LogP contribution < -0.4 is 0 Å². The summed E-state index contributed by atoms with van der Waals surface area (Å²) in [6, 6.07) is 6.75. The molecule has 1 aromatic carbocycles. The maximum Gasteiger partial charge on any atom is 0.269 e. The van der Waals surface area contributed by atoms with Crippen LogP contribution in [0.2, 0.25) is 0 Å². The zero-order valence-electron chi connectivity index (χ0n) is 10.9. The summed E-state index contributed by atoms with van der Waals surface area (Å²) >= 11 is 1.77. The minimum absolute atomic E-state index is 0.141. The van der Waals surface area contributed by atoms with Crippen molar-refractivity contribution < 1.29 is 14.2 Å². The Balaban J connectivity index is 1.92. The fourth-order valence-corrected chi connectivity index (χ4v) is 2.80. The van der Waals surface area contributed by atoms with Gasteiger partial charge in [-0.05, 0) is 5.56 Å². The molecule has 0 bridgehead atoms. The van der Waals surface area contributed by atoms with Crippen LogP contribution in [0.4, 0.5) is 5.69 Å². The molecule has 1 fully saturated rings. The molecular weight excluding hydrogens is 264 g/mol. The van der Waals surface area contributed by atoms with Crippen molar-refractivity contribution in [2.24, 2.45) is 0 Å². The first kappa shape index (κ1) is 14.0.